The van der Waals surface area contributed by atoms with E-state index in [2.05, 4.69) is 17.4 Å². The van der Waals surface area contributed by atoms with Crippen LogP contribution in [0.15, 0.2) is 30.3 Å². The van der Waals surface area contributed by atoms with E-state index >= 15 is 0 Å². The summed E-state index contributed by atoms with van der Waals surface area (Å²) in [6.45, 7) is 2.07. The SMILES string of the molecule is CNCC(OCCOC)c1ccccc1. The van der Waals surface area contributed by atoms with Gasteiger partial charge in [0.1, 0.15) is 0 Å². The van der Waals surface area contributed by atoms with E-state index in [1.54, 1.807) is 7.11 Å². The highest BCUT2D eigenvalue weighted by molar-refractivity contribution is 5.17. The third kappa shape index (κ3) is 4.42. The van der Waals surface area contributed by atoms with Gasteiger partial charge in [0.05, 0.1) is 19.3 Å². The van der Waals surface area contributed by atoms with Gasteiger partial charge in [-0.25, -0.2) is 0 Å². The summed E-state index contributed by atoms with van der Waals surface area (Å²) in [5, 5.41) is 3.13. The molecule has 0 aliphatic carbocycles. The van der Waals surface area contributed by atoms with Crippen molar-refractivity contribution in [2.24, 2.45) is 0 Å². The second kappa shape index (κ2) is 7.40. The number of ether oxygens (including phenoxy) is 2. The first kappa shape index (κ1) is 12.2. The summed E-state index contributed by atoms with van der Waals surface area (Å²) in [7, 11) is 3.61. The van der Waals surface area contributed by atoms with Gasteiger partial charge in [-0.2, -0.15) is 0 Å². The van der Waals surface area contributed by atoms with E-state index in [4.69, 9.17) is 9.47 Å². The van der Waals surface area contributed by atoms with Crippen molar-refractivity contribution in [2.75, 3.05) is 33.9 Å². The molecule has 0 aromatic heterocycles. The van der Waals surface area contributed by atoms with Crippen LogP contribution in [0.3, 0.4) is 0 Å². The van der Waals surface area contributed by atoms with E-state index in [1.807, 2.05) is 25.2 Å². The molecule has 0 spiro atoms. The van der Waals surface area contributed by atoms with Gasteiger partial charge in [0.15, 0.2) is 0 Å². The lowest BCUT2D eigenvalue weighted by Gasteiger charge is -2.17. The maximum absolute atomic E-state index is 5.72. The minimum Gasteiger partial charge on any atom is -0.382 e. The molecule has 1 rings (SSSR count). The molecule has 3 heteroatoms. The number of rotatable bonds is 7. The summed E-state index contributed by atoms with van der Waals surface area (Å²) in [6, 6.07) is 10.2. The van der Waals surface area contributed by atoms with Crippen molar-refractivity contribution in [1.29, 1.82) is 0 Å². The third-order valence-corrected chi connectivity index (χ3v) is 2.17. The minimum atomic E-state index is 0.103. The lowest BCUT2D eigenvalue weighted by Crippen LogP contribution is -2.21. The number of likely N-dealkylation sites (N-methyl/N-ethyl adjacent to an activating group) is 1. The molecule has 84 valence electrons. The molecule has 15 heavy (non-hydrogen) atoms. The summed E-state index contributed by atoms with van der Waals surface area (Å²) in [4.78, 5) is 0. The smallest absolute Gasteiger partial charge is 0.0950 e. The van der Waals surface area contributed by atoms with Crippen LogP contribution in [0.25, 0.3) is 0 Å². The molecule has 0 bridgehead atoms. The van der Waals surface area contributed by atoms with Crippen molar-refractivity contribution in [1.82, 2.24) is 5.32 Å². The number of methoxy groups -OCH3 is 1. The molecule has 1 aromatic carbocycles. The number of hydrogen-bond donors (Lipinski definition) is 1. The Bertz CT molecular complexity index is 251. The first-order valence-corrected chi connectivity index (χ1v) is 5.18. The molecule has 0 fully saturated rings. The van der Waals surface area contributed by atoms with Crippen LogP contribution in [0.1, 0.15) is 11.7 Å². The van der Waals surface area contributed by atoms with Gasteiger partial charge in [0.25, 0.3) is 0 Å². The average Bonchev–Trinajstić information content (AvgIpc) is 2.29. The van der Waals surface area contributed by atoms with Crippen LogP contribution in [0.4, 0.5) is 0 Å². The van der Waals surface area contributed by atoms with Crippen molar-refractivity contribution >= 4 is 0 Å². The van der Waals surface area contributed by atoms with E-state index in [1.165, 1.54) is 5.56 Å². The van der Waals surface area contributed by atoms with Crippen LogP contribution in [0.2, 0.25) is 0 Å². The van der Waals surface area contributed by atoms with Crippen LogP contribution in [-0.2, 0) is 9.47 Å². The fourth-order valence-corrected chi connectivity index (χ4v) is 1.40. The molecule has 0 amide bonds. The normalized spacial score (nSPS) is 12.7. The third-order valence-electron chi connectivity index (χ3n) is 2.17. The van der Waals surface area contributed by atoms with E-state index in [9.17, 15) is 0 Å². The van der Waals surface area contributed by atoms with Gasteiger partial charge in [-0.15, -0.1) is 0 Å². The maximum atomic E-state index is 5.72. The van der Waals surface area contributed by atoms with Crippen molar-refractivity contribution in [3.05, 3.63) is 35.9 Å². The van der Waals surface area contributed by atoms with Crippen molar-refractivity contribution in [3.63, 3.8) is 0 Å². The van der Waals surface area contributed by atoms with Crippen LogP contribution in [0.5, 0.6) is 0 Å². The van der Waals surface area contributed by atoms with Gasteiger partial charge in [0, 0.05) is 13.7 Å². The predicted molar refractivity (Wildman–Crippen MR) is 60.9 cm³/mol. The van der Waals surface area contributed by atoms with E-state index < -0.39 is 0 Å². The summed E-state index contributed by atoms with van der Waals surface area (Å²) >= 11 is 0. The lowest BCUT2D eigenvalue weighted by molar-refractivity contribution is 0.0175. The fourth-order valence-electron chi connectivity index (χ4n) is 1.40. The molecule has 1 N–H and O–H groups in total. The molecule has 1 atom stereocenters. The molecule has 0 radical (unpaired) electrons. The molecule has 0 saturated carbocycles. The van der Waals surface area contributed by atoms with E-state index in [-0.39, 0.29) is 6.10 Å². The van der Waals surface area contributed by atoms with Gasteiger partial charge in [-0.05, 0) is 12.6 Å². The lowest BCUT2D eigenvalue weighted by atomic mass is 10.1. The summed E-state index contributed by atoms with van der Waals surface area (Å²) in [5.74, 6) is 0. The highest BCUT2D eigenvalue weighted by atomic mass is 16.5. The quantitative estimate of drug-likeness (QED) is 0.692. The Kier molecular flexibility index (Phi) is 6.00. The van der Waals surface area contributed by atoms with Gasteiger partial charge in [0.2, 0.25) is 0 Å². The fraction of sp³-hybridized carbons (Fsp3) is 0.500. The highest BCUT2D eigenvalue weighted by Gasteiger charge is 2.09. The summed E-state index contributed by atoms with van der Waals surface area (Å²) in [5.41, 5.74) is 1.20. The molecule has 1 unspecified atom stereocenters. The second-order valence-electron chi connectivity index (χ2n) is 3.32. The Labute approximate surface area is 91.4 Å². The molecule has 0 aliphatic rings. The Morgan fingerprint density at radius 1 is 1.20 bits per heavy atom. The number of benzene rings is 1. The zero-order valence-corrected chi connectivity index (χ0v) is 9.40. The number of nitrogens with one attached hydrogen (secondary N) is 1. The minimum absolute atomic E-state index is 0.103. The van der Waals surface area contributed by atoms with Crippen LogP contribution in [0, 0.1) is 0 Å². The van der Waals surface area contributed by atoms with Gasteiger partial charge in [-0.3, -0.25) is 0 Å². The molecule has 1 aromatic rings. The summed E-state index contributed by atoms with van der Waals surface area (Å²) in [6.07, 6.45) is 0.103. The monoisotopic (exact) mass is 209 g/mol. The molecule has 3 nitrogen and oxygen atoms in total. The standard InChI is InChI=1S/C12H19NO2/c1-13-10-12(15-9-8-14-2)11-6-4-3-5-7-11/h3-7,12-13H,8-10H2,1-2H3. The van der Waals surface area contributed by atoms with Crippen molar-refractivity contribution in [2.45, 2.75) is 6.10 Å². The van der Waals surface area contributed by atoms with Crippen LogP contribution >= 0.6 is 0 Å². The number of hydrogen-bond acceptors (Lipinski definition) is 3. The van der Waals surface area contributed by atoms with Crippen LogP contribution < -0.4 is 5.32 Å². The van der Waals surface area contributed by atoms with Crippen molar-refractivity contribution in [3.8, 4) is 0 Å². The maximum Gasteiger partial charge on any atom is 0.0950 e. The molecule has 0 heterocycles. The Morgan fingerprint density at radius 2 is 1.93 bits per heavy atom. The first-order chi connectivity index (χ1) is 7.38. The zero-order chi connectivity index (χ0) is 10.9. The summed E-state index contributed by atoms with van der Waals surface area (Å²) < 4.78 is 10.7. The van der Waals surface area contributed by atoms with Crippen molar-refractivity contribution < 1.29 is 9.47 Å². The Balaban J connectivity index is 2.50. The molecule has 0 aliphatic heterocycles. The first-order valence-electron chi connectivity index (χ1n) is 5.18. The highest BCUT2D eigenvalue weighted by Crippen LogP contribution is 2.15. The molecular formula is C12H19NO2. The van der Waals surface area contributed by atoms with Crippen LogP contribution in [-0.4, -0.2) is 33.9 Å². The van der Waals surface area contributed by atoms with Gasteiger partial charge < -0.3 is 14.8 Å². The van der Waals surface area contributed by atoms with E-state index in [0.717, 1.165) is 6.54 Å². The Hall–Kier alpha value is -0.900. The predicted octanol–water partition coefficient (Wildman–Crippen LogP) is 1.61. The molecule has 0 saturated heterocycles. The zero-order valence-electron chi connectivity index (χ0n) is 9.40. The average molecular weight is 209 g/mol. The Morgan fingerprint density at radius 3 is 2.53 bits per heavy atom. The molecular weight excluding hydrogens is 190 g/mol. The van der Waals surface area contributed by atoms with Gasteiger partial charge >= 0.3 is 0 Å². The largest absolute Gasteiger partial charge is 0.382 e. The topological polar surface area (TPSA) is 30.5 Å². The second-order valence-corrected chi connectivity index (χ2v) is 3.32. The van der Waals surface area contributed by atoms with Gasteiger partial charge in [-0.1, -0.05) is 30.3 Å². The van der Waals surface area contributed by atoms with E-state index in [0.29, 0.717) is 13.2 Å².